The topological polar surface area (TPSA) is 131 Å². The zero-order chi connectivity index (χ0) is 24.3. The SMILES string of the molecule is [C-]#[N+]C(C(=O)OCC)=C1Sc2c(OC(C)=O)c3c(c(OC(C)=O)c2S1)SC(=C(C#N)C#N)S3. The summed E-state index contributed by atoms with van der Waals surface area (Å²) in [7, 11) is 0. The Labute approximate surface area is 205 Å². The fourth-order valence-electron chi connectivity index (χ4n) is 2.56. The van der Waals surface area contributed by atoms with Gasteiger partial charge in [0.1, 0.15) is 17.7 Å². The van der Waals surface area contributed by atoms with E-state index in [0.29, 0.717) is 23.8 Å². The van der Waals surface area contributed by atoms with Crippen LogP contribution in [0.1, 0.15) is 20.8 Å². The lowest BCUT2D eigenvalue weighted by Crippen LogP contribution is -2.07. The van der Waals surface area contributed by atoms with Crippen molar-refractivity contribution in [3.05, 3.63) is 31.2 Å². The molecule has 3 rings (SSSR count). The molecule has 0 aromatic heterocycles. The lowest BCUT2D eigenvalue weighted by molar-refractivity contribution is -0.138. The number of ether oxygens (including phenoxy) is 3. The summed E-state index contributed by atoms with van der Waals surface area (Å²) < 4.78 is 16.5. The molecule has 1 aromatic rings. The second-order valence-corrected chi connectivity index (χ2v) is 10.5. The molecule has 0 amide bonds. The second-order valence-electron chi connectivity index (χ2n) is 5.92. The Morgan fingerprint density at radius 2 is 1.30 bits per heavy atom. The van der Waals surface area contributed by atoms with Crippen molar-refractivity contribution in [3.63, 3.8) is 0 Å². The minimum Gasteiger partial charge on any atom is -0.471 e. The first-order valence-corrected chi connectivity index (χ1v) is 12.2. The Hall–Kier alpha value is -3.02. The molecule has 0 spiro atoms. The third kappa shape index (κ3) is 4.85. The van der Waals surface area contributed by atoms with E-state index in [9.17, 15) is 24.9 Å². The molecule has 1 aromatic carbocycles. The van der Waals surface area contributed by atoms with E-state index in [1.165, 1.54) is 13.8 Å². The number of hydrogen-bond donors (Lipinski definition) is 0. The Morgan fingerprint density at radius 1 is 0.879 bits per heavy atom. The molecule has 13 heteroatoms. The largest absolute Gasteiger partial charge is 0.471 e. The van der Waals surface area contributed by atoms with Crippen LogP contribution in [-0.4, -0.2) is 24.5 Å². The first kappa shape index (κ1) is 24.6. The summed E-state index contributed by atoms with van der Waals surface area (Å²) in [5, 5.41) is 18.5. The summed E-state index contributed by atoms with van der Waals surface area (Å²) in [5.74, 6) is -1.78. The zero-order valence-electron chi connectivity index (χ0n) is 17.1. The fraction of sp³-hybridized carbons (Fsp3) is 0.200. The smallest absolute Gasteiger partial charge is 0.338 e. The standard InChI is InChI=1S/C20H11N3O6S4/c1-5-27-18(26)11(23-4)20-32-16-12(28-8(2)24)14-15(13(17(16)33-20)29-9(3)25)31-19(30-14)10(6-21)7-22/h5H2,1-3H3. The summed E-state index contributed by atoms with van der Waals surface area (Å²) >= 11 is 4.10. The lowest BCUT2D eigenvalue weighted by atomic mass is 10.3. The normalized spacial score (nSPS) is 13.1. The number of nitrogens with zero attached hydrogens (tertiary/aromatic N) is 3. The summed E-state index contributed by atoms with van der Waals surface area (Å²) in [5.41, 5.74) is -0.384. The van der Waals surface area contributed by atoms with Crippen LogP contribution < -0.4 is 9.47 Å². The van der Waals surface area contributed by atoms with Gasteiger partial charge in [-0.1, -0.05) is 47.0 Å². The van der Waals surface area contributed by atoms with Gasteiger partial charge in [0, 0.05) is 13.8 Å². The molecule has 0 saturated heterocycles. The van der Waals surface area contributed by atoms with E-state index in [1.54, 1.807) is 6.92 Å². The third-order valence-electron chi connectivity index (χ3n) is 3.71. The minimum absolute atomic E-state index is 0.0849. The number of hydrogen-bond acceptors (Lipinski definition) is 12. The van der Waals surface area contributed by atoms with E-state index in [4.69, 9.17) is 20.8 Å². The maximum atomic E-state index is 12.3. The van der Waals surface area contributed by atoms with Crippen molar-refractivity contribution in [2.45, 2.75) is 40.4 Å². The van der Waals surface area contributed by atoms with E-state index < -0.39 is 17.9 Å². The Bertz CT molecular complexity index is 1220. The van der Waals surface area contributed by atoms with Crippen LogP contribution in [0.15, 0.2) is 39.3 Å². The molecule has 2 aliphatic rings. The highest BCUT2D eigenvalue weighted by Crippen LogP contribution is 2.68. The van der Waals surface area contributed by atoms with Crippen molar-refractivity contribution >= 4 is 65.0 Å². The Morgan fingerprint density at radius 3 is 1.64 bits per heavy atom. The van der Waals surface area contributed by atoms with Crippen molar-refractivity contribution in [3.8, 4) is 23.6 Å². The van der Waals surface area contributed by atoms with Gasteiger partial charge in [-0.3, -0.25) is 14.4 Å². The van der Waals surface area contributed by atoms with Crippen LogP contribution in [0.4, 0.5) is 0 Å². The van der Waals surface area contributed by atoms with Crippen LogP contribution >= 0.6 is 47.0 Å². The van der Waals surface area contributed by atoms with Gasteiger partial charge in [0.25, 0.3) is 5.70 Å². The monoisotopic (exact) mass is 517 g/mol. The van der Waals surface area contributed by atoms with Gasteiger partial charge in [0.15, 0.2) is 11.5 Å². The van der Waals surface area contributed by atoms with Gasteiger partial charge in [-0.05, 0) is 6.92 Å². The zero-order valence-corrected chi connectivity index (χ0v) is 20.4. The van der Waals surface area contributed by atoms with E-state index in [0.717, 1.165) is 47.0 Å². The molecule has 0 N–H and O–H groups in total. The molecular weight excluding hydrogens is 507 g/mol. The molecule has 0 bridgehead atoms. The van der Waals surface area contributed by atoms with E-state index in [-0.39, 0.29) is 33.6 Å². The van der Waals surface area contributed by atoms with E-state index >= 15 is 0 Å². The highest BCUT2D eigenvalue weighted by molar-refractivity contribution is 8.26. The predicted octanol–water partition coefficient (Wildman–Crippen LogP) is 4.84. The molecule has 0 saturated carbocycles. The molecule has 0 atom stereocenters. The highest BCUT2D eigenvalue weighted by Gasteiger charge is 2.40. The summed E-state index contributed by atoms with van der Waals surface area (Å²) in [6.07, 6.45) is 0. The third-order valence-corrected chi connectivity index (χ3v) is 8.88. The van der Waals surface area contributed by atoms with Gasteiger partial charge >= 0.3 is 17.9 Å². The first-order valence-electron chi connectivity index (χ1n) is 8.91. The summed E-state index contributed by atoms with van der Waals surface area (Å²) in [6, 6.07) is 3.64. The van der Waals surface area contributed by atoms with E-state index in [2.05, 4.69) is 4.85 Å². The molecular formula is C20H11N3O6S4. The summed E-state index contributed by atoms with van der Waals surface area (Å²) in [4.78, 5) is 40.8. The number of allylic oxidation sites excluding steroid dienone is 1. The number of esters is 3. The number of nitriles is 2. The predicted molar refractivity (Wildman–Crippen MR) is 121 cm³/mol. The van der Waals surface area contributed by atoms with Crippen molar-refractivity contribution < 1.29 is 28.6 Å². The number of carbonyl (C=O) groups excluding carboxylic acids is 3. The highest BCUT2D eigenvalue weighted by atomic mass is 32.2. The van der Waals surface area contributed by atoms with Gasteiger partial charge < -0.3 is 14.2 Å². The molecule has 2 heterocycles. The quantitative estimate of drug-likeness (QED) is 0.178. The molecule has 0 radical (unpaired) electrons. The van der Waals surface area contributed by atoms with Crippen LogP contribution in [-0.2, 0) is 19.1 Å². The average Bonchev–Trinajstić information content (AvgIpc) is 3.37. The maximum absolute atomic E-state index is 12.3. The lowest BCUT2D eigenvalue weighted by Gasteiger charge is -2.15. The second kappa shape index (κ2) is 10.3. The Balaban J connectivity index is 2.28. The molecule has 0 unspecified atom stereocenters. The molecule has 9 nitrogen and oxygen atoms in total. The molecule has 166 valence electrons. The van der Waals surface area contributed by atoms with Crippen LogP contribution in [0, 0.1) is 29.2 Å². The number of rotatable bonds is 4. The minimum atomic E-state index is -0.799. The van der Waals surface area contributed by atoms with Crippen LogP contribution in [0.25, 0.3) is 4.85 Å². The van der Waals surface area contributed by atoms with Crippen LogP contribution in [0.2, 0.25) is 0 Å². The average molecular weight is 518 g/mol. The van der Waals surface area contributed by atoms with Crippen molar-refractivity contribution in [2.24, 2.45) is 0 Å². The maximum Gasteiger partial charge on any atom is 0.338 e. The van der Waals surface area contributed by atoms with Gasteiger partial charge in [-0.15, -0.1) is 0 Å². The van der Waals surface area contributed by atoms with Crippen molar-refractivity contribution in [1.82, 2.24) is 0 Å². The molecule has 33 heavy (non-hydrogen) atoms. The van der Waals surface area contributed by atoms with Crippen LogP contribution in [0.3, 0.4) is 0 Å². The first-order chi connectivity index (χ1) is 15.7. The number of carbonyl (C=O) groups is 3. The van der Waals surface area contributed by atoms with Gasteiger partial charge in [-0.25, -0.2) is 4.85 Å². The van der Waals surface area contributed by atoms with E-state index in [1.807, 2.05) is 12.1 Å². The molecule has 0 aliphatic carbocycles. The Kier molecular flexibility index (Phi) is 7.67. The van der Waals surface area contributed by atoms with Crippen molar-refractivity contribution in [2.75, 3.05) is 6.61 Å². The number of benzene rings is 1. The molecule has 2 aliphatic heterocycles. The van der Waals surface area contributed by atoms with Gasteiger partial charge in [0.05, 0.1) is 41.2 Å². The number of fused-ring (bicyclic) bond motifs is 2. The number of thioether (sulfide) groups is 4. The van der Waals surface area contributed by atoms with Crippen molar-refractivity contribution in [1.29, 1.82) is 10.5 Å². The fourth-order valence-corrected chi connectivity index (χ4v) is 7.79. The summed E-state index contributed by atoms with van der Waals surface area (Å²) in [6.45, 7) is 11.5. The van der Waals surface area contributed by atoms with Crippen LogP contribution in [0.5, 0.6) is 11.5 Å². The van der Waals surface area contributed by atoms with Gasteiger partial charge in [0.2, 0.25) is 0 Å². The molecule has 0 fully saturated rings. The van der Waals surface area contributed by atoms with Gasteiger partial charge in [-0.2, -0.15) is 10.5 Å².